The molecule has 5 rings (SSSR count). The summed E-state index contributed by atoms with van der Waals surface area (Å²) in [6.07, 6.45) is 0.353. The van der Waals surface area contributed by atoms with E-state index in [1.165, 1.54) is 12.1 Å². The molecule has 2 heterocycles. The lowest BCUT2D eigenvalue weighted by Crippen LogP contribution is -2.22. The zero-order valence-corrected chi connectivity index (χ0v) is 20.2. The van der Waals surface area contributed by atoms with Crippen LogP contribution < -0.4 is 19.5 Å². The van der Waals surface area contributed by atoms with Crippen LogP contribution in [0.3, 0.4) is 0 Å². The van der Waals surface area contributed by atoms with Crippen LogP contribution in [0, 0.1) is 5.82 Å². The molecule has 0 radical (unpaired) electrons. The maximum Gasteiger partial charge on any atom is 0.225 e. The van der Waals surface area contributed by atoms with Crippen molar-refractivity contribution in [2.75, 3.05) is 19.5 Å². The molecule has 1 aliphatic rings. The summed E-state index contributed by atoms with van der Waals surface area (Å²) in [5.74, 6) is 1.55. The molecule has 0 spiro atoms. The van der Waals surface area contributed by atoms with E-state index in [4.69, 9.17) is 14.2 Å². The van der Waals surface area contributed by atoms with E-state index in [0.29, 0.717) is 23.7 Å². The lowest BCUT2D eigenvalue weighted by atomic mass is 9.89. The van der Waals surface area contributed by atoms with Crippen LogP contribution in [0.1, 0.15) is 28.3 Å². The number of methoxy groups -OCH3 is 2. The highest BCUT2D eigenvalue weighted by Gasteiger charge is 2.31. The zero-order valence-electron chi connectivity index (χ0n) is 19.3. The maximum atomic E-state index is 13.5. The average Bonchev–Trinajstić information content (AvgIpc) is 3.30. The fourth-order valence-corrected chi connectivity index (χ4v) is 5.49. The Morgan fingerprint density at radius 3 is 2.63 bits per heavy atom. The first kappa shape index (κ1) is 22.9. The number of benzene rings is 3. The quantitative estimate of drug-likeness (QED) is 0.317. The monoisotopic (exact) mass is 489 g/mol. The molecular formula is C28H24FNO4S. The second-order valence-corrected chi connectivity index (χ2v) is 9.17. The molecule has 1 atom stereocenters. The van der Waals surface area contributed by atoms with Crippen LogP contribution in [0.15, 0.2) is 72.1 Å². The van der Waals surface area contributed by atoms with Crippen LogP contribution in [0.4, 0.5) is 10.1 Å². The molecule has 0 fully saturated rings. The Balaban J connectivity index is 1.44. The van der Waals surface area contributed by atoms with Crippen molar-refractivity contribution in [1.82, 2.24) is 0 Å². The number of thiophene rings is 1. The fourth-order valence-electron chi connectivity index (χ4n) is 4.33. The van der Waals surface area contributed by atoms with E-state index in [9.17, 15) is 9.18 Å². The number of amides is 1. The third-order valence-corrected chi connectivity index (χ3v) is 7.14. The second-order valence-electron chi connectivity index (χ2n) is 8.25. The van der Waals surface area contributed by atoms with Gasteiger partial charge in [-0.05, 0) is 53.1 Å². The molecule has 1 amide bonds. The molecule has 0 saturated carbocycles. The predicted octanol–water partition coefficient (Wildman–Crippen LogP) is 6.62. The van der Waals surface area contributed by atoms with Crippen LogP contribution in [-0.4, -0.2) is 20.1 Å². The van der Waals surface area contributed by atoms with Gasteiger partial charge in [-0.2, -0.15) is 0 Å². The molecule has 5 nitrogen and oxygen atoms in total. The number of halogens is 1. The largest absolute Gasteiger partial charge is 0.493 e. The van der Waals surface area contributed by atoms with E-state index in [0.717, 1.165) is 32.8 Å². The van der Waals surface area contributed by atoms with E-state index in [2.05, 4.69) is 10.7 Å². The number of fused-ring (bicyclic) bond motifs is 1. The molecule has 3 aromatic carbocycles. The molecule has 0 aliphatic carbocycles. The van der Waals surface area contributed by atoms with Gasteiger partial charge in [-0.25, -0.2) is 4.39 Å². The lowest BCUT2D eigenvalue weighted by molar-refractivity contribution is -0.116. The van der Waals surface area contributed by atoms with Gasteiger partial charge in [0.1, 0.15) is 18.2 Å². The van der Waals surface area contributed by atoms with Crippen molar-refractivity contribution in [3.05, 3.63) is 93.9 Å². The van der Waals surface area contributed by atoms with Gasteiger partial charge in [-0.1, -0.05) is 30.3 Å². The number of rotatable bonds is 7. The Bertz CT molecular complexity index is 1380. The molecule has 0 unspecified atom stereocenters. The molecule has 1 aromatic heterocycles. The molecule has 7 heteroatoms. The minimum Gasteiger partial charge on any atom is -0.493 e. The molecule has 0 saturated heterocycles. The number of anilines is 1. The smallest absolute Gasteiger partial charge is 0.225 e. The van der Waals surface area contributed by atoms with Crippen LogP contribution in [0.2, 0.25) is 0 Å². The van der Waals surface area contributed by atoms with Gasteiger partial charge in [-0.3, -0.25) is 4.79 Å². The van der Waals surface area contributed by atoms with Crippen molar-refractivity contribution in [2.45, 2.75) is 18.9 Å². The summed E-state index contributed by atoms with van der Waals surface area (Å²) < 4.78 is 30.2. The van der Waals surface area contributed by atoms with Gasteiger partial charge in [0.15, 0.2) is 11.5 Å². The number of carbonyl (C=O) groups is 1. The van der Waals surface area contributed by atoms with Crippen molar-refractivity contribution >= 4 is 22.9 Å². The Morgan fingerprint density at radius 2 is 1.83 bits per heavy atom. The van der Waals surface area contributed by atoms with Gasteiger partial charge in [0.2, 0.25) is 5.91 Å². The van der Waals surface area contributed by atoms with E-state index in [-0.39, 0.29) is 24.2 Å². The van der Waals surface area contributed by atoms with E-state index < -0.39 is 0 Å². The number of ether oxygens (including phenoxy) is 3. The van der Waals surface area contributed by atoms with Crippen LogP contribution in [0.25, 0.3) is 11.1 Å². The molecule has 4 aromatic rings. The van der Waals surface area contributed by atoms with E-state index >= 15 is 0 Å². The summed E-state index contributed by atoms with van der Waals surface area (Å²) >= 11 is 1.62. The lowest BCUT2D eigenvalue weighted by Gasteiger charge is -2.24. The zero-order chi connectivity index (χ0) is 24.4. The predicted molar refractivity (Wildman–Crippen MR) is 135 cm³/mol. The van der Waals surface area contributed by atoms with Gasteiger partial charge in [0, 0.05) is 28.2 Å². The highest BCUT2D eigenvalue weighted by molar-refractivity contribution is 7.11. The van der Waals surface area contributed by atoms with Gasteiger partial charge < -0.3 is 19.5 Å². The maximum absolute atomic E-state index is 13.5. The number of hydrogen-bond acceptors (Lipinski definition) is 5. The summed E-state index contributed by atoms with van der Waals surface area (Å²) in [5.41, 5.74) is 4.47. The van der Waals surface area contributed by atoms with Crippen LogP contribution >= 0.6 is 11.3 Å². The van der Waals surface area contributed by atoms with Crippen LogP contribution in [0.5, 0.6) is 17.2 Å². The van der Waals surface area contributed by atoms with Gasteiger partial charge in [-0.15, -0.1) is 11.3 Å². The molecule has 0 bridgehead atoms. The highest BCUT2D eigenvalue weighted by Crippen LogP contribution is 2.47. The molecule has 1 aliphatic heterocycles. The third kappa shape index (κ3) is 4.72. The minimum atomic E-state index is -0.288. The van der Waals surface area contributed by atoms with Crippen molar-refractivity contribution in [2.24, 2.45) is 0 Å². The first-order valence-corrected chi connectivity index (χ1v) is 12.0. The standard InChI is InChI=1S/C28H24FNO4S/c1-32-24-10-9-19(13-25(24)33-2)23-16-35-28-22(14-26(31)30-27(23)28)18-6-4-8-21(12-18)34-15-17-5-3-7-20(29)11-17/h3-13,16,22H,14-15H2,1-2H3,(H,30,31)/t22-/m0/s1. The summed E-state index contributed by atoms with van der Waals surface area (Å²) in [7, 11) is 3.21. The first-order chi connectivity index (χ1) is 17.1. The topological polar surface area (TPSA) is 56.8 Å². The minimum absolute atomic E-state index is 0.0336. The van der Waals surface area contributed by atoms with E-state index in [1.807, 2.05) is 48.5 Å². The molecule has 1 N–H and O–H groups in total. The van der Waals surface area contributed by atoms with Gasteiger partial charge in [0.05, 0.1) is 19.9 Å². The Kier molecular flexibility index (Phi) is 6.42. The van der Waals surface area contributed by atoms with Gasteiger partial charge >= 0.3 is 0 Å². The van der Waals surface area contributed by atoms with Crippen molar-refractivity contribution in [1.29, 1.82) is 0 Å². The SMILES string of the molecule is COc1ccc(-c2csc3c2NC(=O)C[C@H]3c2cccc(OCc3cccc(F)c3)c2)cc1OC. The van der Waals surface area contributed by atoms with Crippen molar-refractivity contribution in [3.63, 3.8) is 0 Å². The van der Waals surface area contributed by atoms with Crippen molar-refractivity contribution < 1.29 is 23.4 Å². The average molecular weight is 490 g/mol. The van der Waals surface area contributed by atoms with Gasteiger partial charge in [0.25, 0.3) is 0 Å². The second kappa shape index (κ2) is 9.80. The summed E-state index contributed by atoms with van der Waals surface area (Å²) in [6.45, 7) is 0.264. The van der Waals surface area contributed by atoms with E-state index in [1.54, 1.807) is 31.6 Å². The summed E-state index contributed by atoms with van der Waals surface area (Å²) in [4.78, 5) is 13.8. The number of hydrogen-bond donors (Lipinski definition) is 1. The van der Waals surface area contributed by atoms with Crippen molar-refractivity contribution in [3.8, 4) is 28.4 Å². The summed E-state index contributed by atoms with van der Waals surface area (Å²) in [5, 5.41) is 5.14. The fraction of sp³-hybridized carbons (Fsp3) is 0.179. The summed E-state index contributed by atoms with van der Waals surface area (Å²) in [6, 6.07) is 19.9. The number of nitrogens with one attached hydrogen (secondary N) is 1. The highest BCUT2D eigenvalue weighted by atomic mass is 32.1. The molecule has 178 valence electrons. The molecule has 35 heavy (non-hydrogen) atoms. The number of carbonyl (C=O) groups excluding carboxylic acids is 1. The van der Waals surface area contributed by atoms with Crippen LogP contribution in [-0.2, 0) is 11.4 Å². The normalized spacial score (nSPS) is 14.7. The third-order valence-electron chi connectivity index (χ3n) is 6.04. The Morgan fingerprint density at radius 1 is 1.00 bits per heavy atom. The first-order valence-electron chi connectivity index (χ1n) is 11.2. The Labute approximate surface area is 207 Å². The molecular weight excluding hydrogens is 465 g/mol. The Hall–Kier alpha value is -3.84.